The van der Waals surface area contributed by atoms with Crippen LogP contribution in [0.5, 0.6) is 0 Å². The molecule has 1 aromatic carbocycles. The van der Waals surface area contributed by atoms with Crippen LogP contribution in [0, 0.1) is 11.3 Å². The van der Waals surface area contributed by atoms with Gasteiger partial charge < -0.3 is 9.30 Å². The molecule has 40 heavy (non-hydrogen) atoms. The third kappa shape index (κ3) is 7.17. The zero-order valence-corrected chi connectivity index (χ0v) is 26.1. The van der Waals surface area contributed by atoms with Gasteiger partial charge in [-0.15, -0.1) is 0 Å². The Bertz CT molecular complexity index is 1400. The highest BCUT2D eigenvalue weighted by atomic mass is 32.2. The molecule has 4 rings (SSSR count). The zero-order valence-electron chi connectivity index (χ0n) is 24.3. The smallest absolute Gasteiger partial charge is 0.281 e. The Balaban J connectivity index is 1.59. The van der Waals surface area contributed by atoms with Gasteiger partial charge in [0.15, 0.2) is 11.5 Å². The predicted molar refractivity (Wildman–Crippen MR) is 159 cm³/mol. The average molecular weight is 584 g/mol. The lowest BCUT2D eigenvalue weighted by atomic mass is 9.86. The summed E-state index contributed by atoms with van der Waals surface area (Å²) in [4.78, 5) is 17.9. The minimum Gasteiger partial charge on any atom is -0.361 e. The number of nitrogens with zero attached hydrogens (tertiary/aromatic N) is 5. The molecule has 2 aromatic rings. The highest BCUT2D eigenvalue weighted by molar-refractivity contribution is 7.86. The number of likely N-dealkylation sites (N-methyl/N-ethyl adjacent to an activating group) is 2. The molecule has 9 nitrogen and oxygen atoms in total. The van der Waals surface area contributed by atoms with E-state index in [1.165, 1.54) is 14.2 Å². The number of hydrogen-bond donors (Lipinski definition) is 0. The number of ketones is 1. The molecule has 2 aliphatic rings. The van der Waals surface area contributed by atoms with E-state index in [1.807, 2.05) is 18.2 Å². The SMILES string of the molecule is CN1CC(c2ccc(CC(=O)c3nc(C#N)cn3COCC[Si](C)(C)C)c(C3=CCCCC3)c2)CN(C)S1(=O)=O. The van der Waals surface area contributed by atoms with Crippen molar-refractivity contribution in [3.63, 3.8) is 0 Å². The molecular formula is C29H41N5O4SSi. The van der Waals surface area contributed by atoms with Gasteiger partial charge in [0.25, 0.3) is 10.2 Å². The van der Waals surface area contributed by atoms with Gasteiger partial charge in [-0.05, 0) is 54.0 Å². The fourth-order valence-electron chi connectivity index (χ4n) is 5.28. The number of hydrogen-bond acceptors (Lipinski definition) is 6. The molecule has 0 spiro atoms. The van der Waals surface area contributed by atoms with Gasteiger partial charge >= 0.3 is 0 Å². The van der Waals surface area contributed by atoms with Gasteiger partial charge in [-0.1, -0.05) is 43.9 Å². The molecule has 11 heteroatoms. The molecule has 1 aromatic heterocycles. The summed E-state index contributed by atoms with van der Waals surface area (Å²) in [6.45, 7) is 8.47. The van der Waals surface area contributed by atoms with Crippen molar-refractivity contribution in [2.45, 2.75) is 70.4 Å². The van der Waals surface area contributed by atoms with Crippen LogP contribution < -0.4 is 0 Å². The number of aromatic nitrogens is 2. The Morgan fingerprint density at radius 1 is 1.18 bits per heavy atom. The number of imidazole rings is 1. The van der Waals surface area contributed by atoms with Crippen LogP contribution in [0.4, 0.5) is 0 Å². The summed E-state index contributed by atoms with van der Waals surface area (Å²) < 4.78 is 35.2. The van der Waals surface area contributed by atoms with Gasteiger partial charge in [-0.2, -0.15) is 22.3 Å². The van der Waals surface area contributed by atoms with Crippen molar-refractivity contribution >= 4 is 29.6 Å². The van der Waals surface area contributed by atoms with Crippen LogP contribution in [-0.2, 0) is 28.1 Å². The Morgan fingerprint density at radius 3 is 2.52 bits per heavy atom. The molecule has 1 fully saturated rings. The third-order valence-electron chi connectivity index (χ3n) is 7.70. The van der Waals surface area contributed by atoms with Gasteiger partial charge in [0.1, 0.15) is 12.8 Å². The van der Waals surface area contributed by atoms with Crippen molar-refractivity contribution < 1.29 is 17.9 Å². The fraction of sp³-hybridized carbons (Fsp3) is 0.552. The molecule has 1 aliphatic carbocycles. The lowest BCUT2D eigenvalue weighted by Crippen LogP contribution is -2.49. The molecule has 0 amide bonds. The summed E-state index contributed by atoms with van der Waals surface area (Å²) in [6.07, 6.45) is 8.21. The number of nitriles is 1. The molecule has 0 N–H and O–H groups in total. The number of Topliss-reactive ketones (excluding diaryl/α,β-unsaturated/α-hetero) is 1. The van der Waals surface area contributed by atoms with Crippen molar-refractivity contribution in [3.8, 4) is 6.07 Å². The Morgan fingerprint density at radius 2 is 1.90 bits per heavy atom. The Kier molecular flexibility index (Phi) is 9.47. The van der Waals surface area contributed by atoms with Gasteiger partial charge in [-0.3, -0.25) is 4.79 Å². The van der Waals surface area contributed by atoms with E-state index in [0.29, 0.717) is 19.7 Å². The number of ether oxygens (including phenoxy) is 1. The normalized spacial score (nSPS) is 18.9. The van der Waals surface area contributed by atoms with E-state index in [1.54, 1.807) is 24.9 Å². The molecule has 0 radical (unpaired) electrons. The highest BCUT2D eigenvalue weighted by Crippen LogP contribution is 2.34. The summed E-state index contributed by atoms with van der Waals surface area (Å²) in [7, 11) is -1.44. The maximum atomic E-state index is 13.6. The second-order valence-corrected chi connectivity index (χ2v) is 19.9. The molecule has 0 atom stereocenters. The monoisotopic (exact) mass is 583 g/mol. The van der Waals surface area contributed by atoms with Crippen molar-refractivity contribution in [2.24, 2.45) is 0 Å². The first-order chi connectivity index (χ1) is 18.9. The largest absolute Gasteiger partial charge is 0.361 e. The van der Waals surface area contributed by atoms with E-state index in [9.17, 15) is 18.5 Å². The topological polar surface area (TPSA) is 109 Å². The second kappa shape index (κ2) is 12.5. The van der Waals surface area contributed by atoms with E-state index in [2.05, 4.69) is 36.8 Å². The maximum absolute atomic E-state index is 13.6. The van der Waals surface area contributed by atoms with Crippen LogP contribution in [0.25, 0.3) is 5.57 Å². The lowest BCUT2D eigenvalue weighted by molar-refractivity contribution is 0.0799. The average Bonchev–Trinajstić information content (AvgIpc) is 3.33. The lowest BCUT2D eigenvalue weighted by Gasteiger charge is -2.36. The van der Waals surface area contributed by atoms with Crippen LogP contribution in [0.15, 0.2) is 30.5 Å². The minimum absolute atomic E-state index is 0.0246. The van der Waals surface area contributed by atoms with Crippen LogP contribution in [-0.4, -0.2) is 74.2 Å². The first kappa shape index (κ1) is 30.3. The van der Waals surface area contributed by atoms with Gasteiger partial charge in [-0.25, -0.2) is 4.98 Å². The Labute approximate surface area is 239 Å². The number of allylic oxidation sites excluding steroid dienone is 2. The molecular weight excluding hydrogens is 543 g/mol. The Hall–Kier alpha value is -2.62. The van der Waals surface area contributed by atoms with Crippen molar-refractivity contribution in [3.05, 3.63) is 58.7 Å². The number of carbonyl (C=O) groups is 1. The molecule has 0 unspecified atom stereocenters. The predicted octanol–water partition coefficient (Wildman–Crippen LogP) is 4.66. The summed E-state index contributed by atoms with van der Waals surface area (Å²) in [6, 6.07) is 9.24. The fourth-order valence-corrected chi connectivity index (χ4v) is 7.25. The first-order valence-electron chi connectivity index (χ1n) is 14.0. The molecule has 216 valence electrons. The van der Waals surface area contributed by atoms with E-state index >= 15 is 0 Å². The van der Waals surface area contributed by atoms with Crippen molar-refractivity contribution in [1.82, 2.24) is 18.2 Å². The number of rotatable bonds is 10. The van der Waals surface area contributed by atoms with Crippen LogP contribution >= 0.6 is 0 Å². The standard InChI is InChI=1S/C29H41N5O4SSi/c1-32-18-25(19-33(2)39(32,36)37)23-11-12-24(27(15-23)22-9-7-6-8-10-22)16-28(35)29-31-26(17-30)20-34(29)21-38-13-14-40(3,4)5/h9,11-12,15,20,25H,6-8,10,13-14,16,18-19,21H2,1-5H3. The van der Waals surface area contributed by atoms with Crippen molar-refractivity contribution in [1.29, 1.82) is 5.26 Å². The van der Waals surface area contributed by atoms with E-state index in [0.717, 1.165) is 48.4 Å². The molecule has 0 bridgehead atoms. The van der Waals surface area contributed by atoms with Crippen LogP contribution in [0.3, 0.4) is 0 Å². The zero-order chi connectivity index (χ0) is 29.1. The van der Waals surface area contributed by atoms with Crippen LogP contribution in [0.1, 0.15) is 64.6 Å². The number of benzene rings is 1. The quantitative estimate of drug-likeness (QED) is 0.229. The highest BCUT2D eigenvalue weighted by Gasteiger charge is 2.34. The third-order valence-corrected chi connectivity index (χ3v) is 11.3. The summed E-state index contributed by atoms with van der Waals surface area (Å²) in [5.41, 5.74) is 4.46. The summed E-state index contributed by atoms with van der Waals surface area (Å²) >= 11 is 0. The molecule has 0 saturated carbocycles. The van der Waals surface area contributed by atoms with E-state index in [4.69, 9.17) is 4.74 Å². The van der Waals surface area contributed by atoms with Crippen LogP contribution in [0.2, 0.25) is 25.7 Å². The first-order valence-corrected chi connectivity index (χ1v) is 19.1. The molecule has 1 saturated heterocycles. The van der Waals surface area contributed by atoms with E-state index < -0.39 is 18.3 Å². The van der Waals surface area contributed by atoms with Gasteiger partial charge in [0.2, 0.25) is 5.78 Å². The maximum Gasteiger partial charge on any atom is 0.281 e. The number of carbonyl (C=O) groups excluding carboxylic acids is 1. The second-order valence-electron chi connectivity index (χ2n) is 12.1. The summed E-state index contributed by atoms with van der Waals surface area (Å²) in [5.74, 6) is 0.0958. The summed E-state index contributed by atoms with van der Waals surface area (Å²) in [5, 5.41) is 9.44. The van der Waals surface area contributed by atoms with Crippen molar-refractivity contribution in [2.75, 3.05) is 33.8 Å². The van der Waals surface area contributed by atoms with E-state index in [-0.39, 0.29) is 36.4 Å². The minimum atomic E-state index is -3.42. The van der Waals surface area contributed by atoms with Gasteiger partial charge in [0.05, 0.1) is 0 Å². The molecule has 1 aliphatic heterocycles. The van der Waals surface area contributed by atoms with Gasteiger partial charge in [0, 0.05) is 60.4 Å². The molecule has 2 heterocycles.